The predicted molar refractivity (Wildman–Crippen MR) is 101 cm³/mol. The van der Waals surface area contributed by atoms with Crippen molar-refractivity contribution in [1.29, 1.82) is 0 Å². The van der Waals surface area contributed by atoms with E-state index in [4.69, 9.17) is 4.74 Å². The Bertz CT molecular complexity index is 731. The highest BCUT2D eigenvalue weighted by Crippen LogP contribution is 2.22. The number of anilines is 2. The average molecular weight is 344 g/mol. The molecule has 1 heterocycles. The van der Waals surface area contributed by atoms with Gasteiger partial charge in [0.25, 0.3) is 0 Å². The fraction of sp³-hybridized carbons (Fsp3) is 0.474. The molecule has 1 amide bonds. The molecule has 6 heteroatoms. The minimum Gasteiger partial charge on any atom is -0.377 e. The smallest absolute Gasteiger partial charge is 0.244 e. The number of carbonyl (C=O) groups is 1. The third kappa shape index (κ3) is 5.06. The van der Waals surface area contributed by atoms with E-state index in [1.807, 2.05) is 48.9 Å². The zero-order valence-corrected chi connectivity index (χ0v) is 15.9. The summed E-state index contributed by atoms with van der Waals surface area (Å²) < 4.78 is 7.16. The Morgan fingerprint density at radius 3 is 2.68 bits per heavy atom. The first kappa shape index (κ1) is 19.0. The molecule has 2 N–H and O–H groups in total. The molecule has 136 valence electrons. The number of amides is 1. The van der Waals surface area contributed by atoms with Crippen molar-refractivity contribution >= 4 is 17.4 Å². The summed E-state index contributed by atoms with van der Waals surface area (Å²) in [5.74, 6) is 0.592. The maximum Gasteiger partial charge on any atom is 0.244 e. The van der Waals surface area contributed by atoms with E-state index < -0.39 is 0 Å². The second kappa shape index (κ2) is 7.70. The molecule has 2 aromatic rings. The Kier molecular flexibility index (Phi) is 5.85. The predicted octanol–water partition coefficient (Wildman–Crippen LogP) is 3.70. The van der Waals surface area contributed by atoms with Gasteiger partial charge < -0.3 is 15.4 Å². The van der Waals surface area contributed by atoms with Crippen molar-refractivity contribution in [2.24, 2.45) is 0 Å². The molecule has 0 saturated carbocycles. The van der Waals surface area contributed by atoms with Gasteiger partial charge in [0.2, 0.25) is 5.91 Å². The van der Waals surface area contributed by atoms with Crippen molar-refractivity contribution in [2.45, 2.75) is 46.3 Å². The zero-order chi connectivity index (χ0) is 18.6. The quantitative estimate of drug-likeness (QED) is 0.838. The molecule has 25 heavy (non-hydrogen) atoms. The van der Waals surface area contributed by atoms with Crippen LogP contribution in [-0.2, 0) is 15.1 Å². The van der Waals surface area contributed by atoms with Crippen LogP contribution in [-0.4, -0.2) is 29.3 Å². The van der Waals surface area contributed by atoms with E-state index in [-0.39, 0.29) is 24.1 Å². The average Bonchev–Trinajstić information content (AvgIpc) is 2.93. The SMILES string of the molecule is COC(C)c1cccc(NCC(=O)Nc2cc(C)nn2C(C)(C)C)c1. The van der Waals surface area contributed by atoms with Crippen LogP contribution in [0.25, 0.3) is 0 Å². The van der Waals surface area contributed by atoms with Crippen molar-refractivity contribution in [1.82, 2.24) is 9.78 Å². The Hall–Kier alpha value is -2.34. The number of ether oxygens (including phenoxy) is 1. The third-order valence-electron chi connectivity index (χ3n) is 3.90. The van der Waals surface area contributed by atoms with Gasteiger partial charge in [-0.05, 0) is 52.3 Å². The minimum atomic E-state index is -0.199. The number of aromatic nitrogens is 2. The Labute approximate surface area is 149 Å². The summed E-state index contributed by atoms with van der Waals surface area (Å²) in [5.41, 5.74) is 2.63. The second-order valence-corrected chi connectivity index (χ2v) is 7.16. The van der Waals surface area contributed by atoms with Gasteiger partial charge in [0.05, 0.1) is 23.9 Å². The molecule has 0 bridgehead atoms. The van der Waals surface area contributed by atoms with Gasteiger partial charge in [-0.3, -0.25) is 4.79 Å². The van der Waals surface area contributed by atoms with Crippen LogP contribution < -0.4 is 10.6 Å². The number of carbonyl (C=O) groups excluding carboxylic acids is 1. The van der Waals surface area contributed by atoms with Crippen LogP contribution in [0.5, 0.6) is 0 Å². The Morgan fingerprint density at radius 2 is 2.04 bits per heavy atom. The highest BCUT2D eigenvalue weighted by atomic mass is 16.5. The molecule has 0 aliphatic carbocycles. The molecular formula is C19H28N4O2. The number of methoxy groups -OCH3 is 1. The molecule has 1 atom stereocenters. The van der Waals surface area contributed by atoms with Gasteiger partial charge in [-0.1, -0.05) is 12.1 Å². The van der Waals surface area contributed by atoms with Crippen LogP contribution >= 0.6 is 0 Å². The van der Waals surface area contributed by atoms with Gasteiger partial charge in [0.15, 0.2) is 0 Å². The Morgan fingerprint density at radius 1 is 1.32 bits per heavy atom. The largest absolute Gasteiger partial charge is 0.377 e. The highest BCUT2D eigenvalue weighted by Gasteiger charge is 2.19. The van der Waals surface area contributed by atoms with Gasteiger partial charge in [0, 0.05) is 18.9 Å². The lowest BCUT2D eigenvalue weighted by molar-refractivity contribution is -0.114. The number of nitrogens with one attached hydrogen (secondary N) is 2. The number of aryl methyl sites for hydroxylation is 1. The number of benzene rings is 1. The fourth-order valence-corrected chi connectivity index (χ4v) is 2.51. The number of rotatable bonds is 6. The molecule has 0 saturated heterocycles. The minimum absolute atomic E-state index is 0.0136. The van der Waals surface area contributed by atoms with Crippen LogP contribution in [0.3, 0.4) is 0 Å². The van der Waals surface area contributed by atoms with E-state index in [0.717, 1.165) is 16.9 Å². The van der Waals surface area contributed by atoms with E-state index in [2.05, 4.69) is 36.5 Å². The van der Waals surface area contributed by atoms with Crippen LogP contribution in [0.2, 0.25) is 0 Å². The van der Waals surface area contributed by atoms with E-state index in [1.165, 1.54) is 0 Å². The van der Waals surface area contributed by atoms with Crippen LogP contribution in [0.15, 0.2) is 30.3 Å². The van der Waals surface area contributed by atoms with Crippen molar-refractivity contribution in [3.8, 4) is 0 Å². The summed E-state index contributed by atoms with van der Waals surface area (Å²) in [5, 5.41) is 10.5. The summed E-state index contributed by atoms with van der Waals surface area (Å²) in [6, 6.07) is 9.75. The van der Waals surface area contributed by atoms with Gasteiger partial charge in [-0.25, -0.2) is 4.68 Å². The molecule has 0 radical (unpaired) electrons. The van der Waals surface area contributed by atoms with Crippen molar-refractivity contribution in [3.63, 3.8) is 0 Å². The van der Waals surface area contributed by atoms with Gasteiger partial charge in [0.1, 0.15) is 5.82 Å². The molecule has 2 rings (SSSR count). The van der Waals surface area contributed by atoms with E-state index in [9.17, 15) is 4.79 Å². The van der Waals surface area contributed by atoms with Crippen molar-refractivity contribution in [2.75, 3.05) is 24.3 Å². The molecule has 1 aromatic heterocycles. The molecule has 0 fully saturated rings. The van der Waals surface area contributed by atoms with Crippen molar-refractivity contribution < 1.29 is 9.53 Å². The fourth-order valence-electron chi connectivity index (χ4n) is 2.51. The highest BCUT2D eigenvalue weighted by molar-refractivity contribution is 5.93. The summed E-state index contributed by atoms with van der Waals surface area (Å²) in [4.78, 5) is 12.3. The van der Waals surface area contributed by atoms with Gasteiger partial charge in [-0.2, -0.15) is 5.10 Å². The second-order valence-electron chi connectivity index (χ2n) is 7.16. The summed E-state index contributed by atoms with van der Waals surface area (Å²) in [7, 11) is 1.68. The molecule has 6 nitrogen and oxygen atoms in total. The van der Waals surface area contributed by atoms with Crippen LogP contribution in [0.4, 0.5) is 11.5 Å². The molecule has 1 unspecified atom stereocenters. The van der Waals surface area contributed by atoms with Gasteiger partial charge >= 0.3 is 0 Å². The molecule has 1 aromatic carbocycles. The lowest BCUT2D eigenvalue weighted by Gasteiger charge is -2.22. The first-order chi connectivity index (χ1) is 11.7. The van der Waals surface area contributed by atoms with E-state index in [1.54, 1.807) is 7.11 Å². The normalized spacial score (nSPS) is 12.7. The molecular weight excluding hydrogens is 316 g/mol. The molecule has 0 aliphatic heterocycles. The monoisotopic (exact) mass is 344 g/mol. The summed E-state index contributed by atoms with van der Waals surface area (Å²) in [6.07, 6.45) is 0.0136. The lowest BCUT2D eigenvalue weighted by atomic mass is 10.1. The van der Waals surface area contributed by atoms with Crippen LogP contribution in [0, 0.1) is 6.92 Å². The Balaban J connectivity index is 2.00. The molecule has 0 spiro atoms. The maximum atomic E-state index is 12.3. The molecule has 0 aliphatic rings. The first-order valence-electron chi connectivity index (χ1n) is 8.44. The number of nitrogens with zero attached hydrogens (tertiary/aromatic N) is 2. The lowest BCUT2D eigenvalue weighted by Crippen LogP contribution is -2.29. The number of hydrogen-bond acceptors (Lipinski definition) is 4. The van der Waals surface area contributed by atoms with E-state index >= 15 is 0 Å². The van der Waals surface area contributed by atoms with Crippen LogP contribution in [0.1, 0.15) is 45.1 Å². The van der Waals surface area contributed by atoms with Gasteiger partial charge in [-0.15, -0.1) is 0 Å². The summed E-state index contributed by atoms with van der Waals surface area (Å²) in [6.45, 7) is 10.2. The zero-order valence-electron chi connectivity index (χ0n) is 15.9. The summed E-state index contributed by atoms with van der Waals surface area (Å²) >= 11 is 0. The topological polar surface area (TPSA) is 68.2 Å². The standard InChI is InChI=1S/C19H28N4O2/c1-13-10-17(23(22-13)19(3,4)5)21-18(24)12-20-16-9-7-8-15(11-16)14(2)25-6/h7-11,14,20H,12H2,1-6H3,(H,21,24). The van der Waals surface area contributed by atoms with Crippen molar-refractivity contribution in [3.05, 3.63) is 41.6 Å². The van der Waals surface area contributed by atoms with E-state index in [0.29, 0.717) is 5.82 Å². The maximum absolute atomic E-state index is 12.3. The first-order valence-corrected chi connectivity index (χ1v) is 8.44. The third-order valence-corrected chi connectivity index (χ3v) is 3.90. The number of hydrogen-bond donors (Lipinski definition) is 2.